The molecule has 17 heavy (non-hydrogen) atoms. The van der Waals surface area contributed by atoms with Crippen molar-refractivity contribution in [1.82, 2.24) is 9.46 Å². The number of hydrogen-bond acceptors (Lipinski definition) is 4. The van der Waals surface area contributed by atoms with Gasteiger partial charge in [-0.2, -0.15) is 4.31 Å². The van der Waals surface area contributed by atoms with Crippen LogP contribution in [-0.4, -0.2) is 30.7 Å². The van der Waals surface area contributed by atoms with Gasteiger partial charge in [-0.1, -0.05) is 18.0 Å². The maximum absolute atomic E-state index is 11.8. The lowest BCUT2D eigenvalue weighted by Gasteiger charge is -2.25. The molecule has 1 aliphatic rings. The van der Waals surface area contributed by atoms with Crippen LogP contribution in [0, 0.1) is 6.92 Å². The zero-order chi connectivity index (χ0) is 12.5. The van der Waals surface area contributed by atoms with Crippen LogP contribution < -0.4 is 0 Å². The fourth-order valence-electron chi connectivity index (χ4n) is 2.32. The lowest BCUT2D eigenvalue weighted by atomic mass is 10.1. The Morgan fingerprint density at radius 1 is 1.41 bits per heavy atom. The molecular weight excluding hydrogens is 240 g/mol. The van der Waals surface area contributed by atoms with Gasteiger partial charge in [-0.15, -0.1) is 0 Å². The molecule has 0 radical (unpaired) electrons. The second kappa shape index (κ2) is 4.78. The van der Waals surface area contributed by atoms with Crippen LogP contribution in [0.1, 0.15) is 43.2 Å². The van der Waals surface area contributed by atoms with Crippen molar-refractivity contribution in [3.8, 4) is 0 Å². The molecule has 96 valence electrons. The Hall–Kier alpha value is -0.880. The molecule has 0 spiro atoms. The molecule has 0 N–H and O–H groups in total. The summed E-state index contributed by atoms with van der Waals surface area (Å²) >= 11 is 0. The molecule has 1 aromatic heterocycles. The molecule has 0 saturated carbocycles. The first kappa shape index (κ1) is 12.6. The summed E-state index contributed by atoms with van der Waals surface area (Å²) in [6.07, 6.45) is 5.10. The minimum atomic E-state index is -3.19. The van der Waals surface area contributed by atoms with Gasteiger partial charge in [0.05, 0.1) is 12.3 Å². The van der Waals surface area contributed by atoms with E-state index in [0.29, 0.717) is 6.54 Å². The number of aromatic nitrogens is 1. The van der Waals surface area contributed by atoms with Gasteiger partial charge in [0, 0.05) is 12.6 Å². The highest BCUT2D eigenvalue weighted by Crippen LogP contribution is 2.31. The lowest BCUT2D eigenvalue weighted by molar-refractivity contribution is 0.306. The van der Waals surface area contributed by atoms with E-state index in [1.807, 2.05) is 13.0 Å². The normalized spacial score (nSPS) is 23.5. The smallest absolute Gasteiger partial charge is 0.211 e. The van der Waals surface area contributed by atoms with Gasteiger partial charge in [0.1, 0.15) is 11.5 Å². The first-order chi connectivity index (χ1) is 7.98. The number of hydrogen-bond donors (Lipinski definition) is 0. The zero-order valence-electron chi connectivity index (χ0n) is 10.2. The van der Waals surface area contributed by atoms with E-state index >= 15 is 0 Å². The standard InChI is InChI=1S/C11H18N2O3S/c1-9-8-10(12-16-9)11-6-4-3-5-7-13(11)17(2,14)15/h8,11H,3-7H2,1-2H3/t11-/m1/s1. The van der Waals surface area contributed by atoms with E-state index in [1.54, 1.807) is 4.31 Å². The Morgan fingerprint density at radius 2 is 2.18 bits per heavy atom. The van der Waals surface area contributed by atoms with Gasteiger partial charge < -0.3 is 4.52 Å². The molecule has 1 fully saturated rings. The molecule has 6 heteroatoms. The van der Waals surface area contributed by atoms with Crippen LogP contribution in [0.15, 0.2) is 10.6 Å². The van der Waals surface area contributed by atoms with E-state index in [-0.39, 0.29) is 6.04 Å². The van der Waals surface area contributed by atoms with Crippen molar-refractivity contribution in [2.24, 2.45) is 0 Å². The number of sulfonamides is 1. The SMILES string of the molecule is Cc1cc([C@H]2CCCCCN2S(C)(=O)=O)no1. The molecule has 2 rings (SSSR count). The first-order valence-corrected chi connectivity index (χ1v) is 7.73. The van der Waals surface area contributed by atoms with Gasteiger partial charge in [-0.3, -0.25) is 0 Å². The monoisotopic (exact) mass is 258 g/mol. The minimum Gasteiger partial charge on any atom is -0.361 e. The molecule has 5 nitrogen and oxygen atoms in total. The molecule has 0 amide bonds. The third kappa shape index (κ3) is 2.87. The highest BCUT2D eigenvalue weighted by atomic mass is 32.2. The van der Waals surface area contributed by atoms with Crippen molar-refractivity contribution in [2.75, 3.05) is 12.8 Å². The average Bonchev–Trinajstić information content (AvgIpc) is 2.52. The van der Waals surface area contributed by atoms with E-state index in [0.717, 1.165) is 37.1 Å². The Labute approximate surface area is 102 Å². The summed E-state index contributed by atoms with van der Waals surface area (Å²) in [4.78, 5) is 0. The highest BCUT2D eigenvalue weighted by molar-refractivity contribution is 7.88. The molecule has 0 aliphatic carbocycles. The molecule has 1 aliphatic heterocycles. The van der Waals surface area contributed by atoms with Crippen LogP contribution in [0.3, 0.4) is 0 Å². The molecule has 1 saturated heterocycles. The first-order valence-electron chi connectivity index (χ1n) is 5.88. The molecule has 0 aromatic carbocycles. The summed E-state index contributed by atoms with van der Waals surface area (Å²) in [5.74, 6) is 0.720. The van der Waals surface area contributed by atoms with E-state index in [2.05, 4.69) is 5.16 Å². The van der Waals surface area contributed by atoms with E-state index in [9.17, 15) is 8.42 Å². The average molecular weight is 258 g/mol. The van der Waals surface area contributed by atoms with Gasteiger partial charge in [-0.05, 0) is 19.8 Å². The Balaban J connectivity index is 2.33. The van der Waals surface area contributed by atoms with E-state index in [4.69, 9.17) is 4.52 Å². The summed E-state index contributed by atoms with van der Waals surface area (Å²) < 4.78 is 30.2. The zero-order valence-corrected chi connectivity index (χ0v) is 11.0. The number of aryl methyl sites for hydroxylation is 1. The van der Waals surface area contributed by atoms with Crippen molar-refractivity contribution >= 4 is 10.0 Å². The molecule has 0 bridgehead atoms. The Bertz CT molecular complexity index is 481. The second-order valence-corrected chi connectivity index (χ2v) is 6.54. The quantitative estimate of drug-likeness (QED) is 0.812. The topological polar surface area (TPSA) is 63.4 Å². The maximum atomic E-state index is 11.8. The van der Waals surface area contributed by atoms with Crippen LogP contribution in [-0.2, 0) is 10.0 Å². The summed E-state index contributed by atoms with van der Waals surface area (Å²) in [5, 5.41) is 3.96. The maximum Gasteiger partial charge on any atom is 0.211 e. The highest BCUT2D eigenvalue weighted by Gasteiger charge is 2.31. The van der Waals surface area contributed by atoms with Crippen LogP contribution in [0.4, 0.5) is 0 Å². The number of nitrogens with zero attached hydrogens (tertiary/aromatic N) is 2. The van der Waals surface area contributed by atoms with Crippen molar-refractivity contribution in [2.45, 2.75) is 38.6 Å². The minimum absolute atomic E-state index is 0.162. The van der Waals surface area contributed by atoms with Crippen molar-refractivity contribution in [3.05, 3.63) is 17.5 Å². The summed E-state index contributed by atoms with van der Waals surface area (Å²) in [7, 11) is -3.19. The predicted molar refractivity (Wildman–Crippen MR) is 64.0 cm³/mol. The largest absolute Gasteiger partial charge is 0.361 e. The van der Waals surface area contributed by atoms with Gasteiger partial charge in [-0.25, -0.2) is 8.42 Å². The molecule has 0 unspecified atom stereocenters. The van der Waals surface area contributed by atoms with E-state index in [1.165, 1.54) is 6.26 Å². The fraction of sp³-hybridized carbons (Fsp3) is 0.727. The second-order valence-electron chi connectivity index (χ2n) is 4.60. The fourth-order valence-corrected chi connectivity index (χ4v) is 3.45. The van der Waals surface area contributed by atoms with Gasteiger partial charge in [0.25, 0.3) is 0 Å². The van der Waals surface area contributed by atoms with Crippen LogP contribution in [0.5, 0.6) is 0 Å². The van der Waals surface area contributed by atoms with Crippen LogP contribution >= 0.6 is 0 Å². The Kier molecular flexibility index (Phi) is 3.53. The van der Waals surface area contributed by atoms with Crippen LogP contribution in [0.2, 0.25) is 0 Å². The van der Waals surface area contributed by atoms with Crippen molar-refractivity contribution in [1.29, 1.82) is 0 Å². The van der Waals surface area contributed by atoms with Crippen LogP contribution in [0.25, 0.3) is 0 Å². The van der Waals surface area contributed by atoms with Gasteiger partial charge in [0.15, 0.2) is 0 Å². The molecule has 1 atom stereocenters. The third-order valence-electron chi connectivity index (χ3n) is 3.12. The van der Waals surface area contributed by atoms with Gasteiger partial charge in [0.2, 0.25) is 10.0 Å². The summed E-state index contributed by atoms with van der Waals surface area (Å²) in [5.41, 5.74) is 0.731. The predicted octanol–water partition coefficient (Wildman–Crippen LogP) is 1.86. The lowest BCUT2D eigenvalue weighted by Crippen LogP contribution is -2.34. The van der Waals surface area contributed by atoms with Gasteiger partial charge >= 0.3 is 0 Å². The van der Waals surface area contributed by atoms with Crippen molar-refractivity contribution in [3.63, 3.8) is 0 Å². The summed E-state index contributed by atoms with van der Waals surface area (Å²) in [6, 6.07) is 1.67. The third-order valence-corrected chi connectivity index (χ3v) is 4.41. The molecular formula is C11H18N2O3S. The summed E-state index contributed by atoms with van der Waals surface area (Å²) in [6.45, 7) is 2.40. The number of rotatable bonds is 2. The molecule has 1 aromatic rings. The Morgan fingerprint density at radius 3 is 2.76 bits per heavy atom. The van der Waals surface area contributed by atoms with Crippen molar-refractivity contribution < 1.29 is 12.9 Å². The van der Waals surface area contributed by atoms with E-state index < -0.39 is 10.0 Å². The molecule has 2 heterocycles.